The van der Waals surface area contributed by atoms with Crippen molar-refractivity contribution in [1.29, 1.82) is 5.26 Å². The first-order chi connectivity index (χ1) is 14.3. The summed E-state index contributed by atoms with van der Waals surface area (Å²) in [6.07, 6.45) is 0. The SMILES string of the molecule is N#Cc1ccc(-c2ccccc2)c(N=Nc2ccccc2-c2ccccc2)c1O. The minimum atomic E-state index is -0.171. The molecule has 0 radical (unpaired) electrons. The van der Waals surface area contributed by atoms with Crippen LogP contribution in [-0.2, 0) is 0 Å². The van der Waals surface area contributed by atoms with Crippen LogP contribution in [0, 0.1) is 11.3 Å². The zero-order valence-electron chi connectivity index (χ0n) is 15.5. The Bertz CT molecular complexity index is 1210. The van der Waals surface area contributed by atoms with E-state index in [1.807, 2.05) is 91.0 Å². The minimum absolute atomic E-state index is 0.162. The molecule has 0 aliphatic heterocycles. The van der Waals surface area contributed by atoms with E-state index in [-0.39, 0.29) is 17.0 Å². The first-order valence-corrected chi connectivity index (χ1v) is 9.15. The summed E-state index contributed by atoms with van der Waals surface area (Å²) in [5, 5.41) is 28.7. The summed E-state index contributed by atoms with van der Waals surface area (Å²) in [5.74, 6) is -0.171. The zero-order valence-corrected chi connectivity index (χ0v) is 15.5. The number of rotatable bonds is 4. The maximum absolute atomic E-state index is 10.6. The molecule has 4 aromatic rings. The molecule has 4 aromatic carbocycles. The van der Waals surface area contributed by atoms with Gasteiger partial charge in [0.1, 0.15) is 11.8 Å². The van der Waals surface area contributed by atoms with Crippen molar-refractivity contribution in [3.05, 3.63) is 103 Å². The Hall–Kier alpha value is -4.23. The topological polar surface area (TPSA) is 68.7 Å². The highest BCUT2D eigenvalue weighted by atomic mass is 16.3. The van der Waals surface area contributed by atoms with Crippen LogP contribution < -0.4 is 0 Å². The van der Waals surface area contributed by atoms with Crippen LogP contribution in [0.25, 0.3) is 22.3 Å². The van der Waals surface area contributed by atoms with Crippen LogP contribution >= 0.6 is 0 Å². The fraction of sp³-hybridized carbons (Fsp3) is 0. The molecule has 138 valence electrons. The van der Waals surface area contributed by atoms with Gasteiger partial charge in [-0.3, -0.25) is 0 Å². The summed E-state index contributed by atoms with van der Waals surface area (Å²) >= 11 is 0. The minimum Gasteiger partial charge on any atom is -0.504 e. The average molecular weight is 375 g/mol. The Morgan fingerprint density at radius 1 is 0.621 bits per heavy atom. The Balaban J connectivity index is 1.84. The maximum Gasteiger partial charge on any atom is 0.161 e. The lowest BCUT2D eigenvalue weighted by atomic mass is 10.0. The summed E-state index contributed by atoms with van der Waals surface area (Å²) in [6.45, 7) is 0. The average Bonchev–Trinajstić information content (AvgIpc) is 2.79. The van der Waals surface area contributed by atoms with Crippen molar-refractivity contribution in [2.24, 2.45) is 10.2 Å². The fourth-order valence-electron chi connectivity index (χ4n) is 3.15. The molecule has 0 bridgehead atoms. The lowest BCUT2D eigenvalue weighted by molar-refractivity contribution is 0.475. The number of hydrogen-bond acceptors (Lipinski definition) is 4. The molecule has 0 aromatic heterocycles. The molecule has 1 N–H and O–H groups in total. The quantitative estimate of drug-likeness (QED) is 0.390. The lowest BCUT2D eigenvalue weighted by Gasteiger charge is -2.09. The first-order valence-electron chi connectivity index (χ1n) is 9.15. The highest BCUT2D eigenvalue weighted by Crippen LogP contribution is 2.41. The van der Waals surface area contributed by atoms with Crippen molar-refractivity contribution >= 4 is 11.4 Å². The van der Waals surface area contributed by atoms with Crippen molar-refractivity contribution in [2.45, 2.75) is 0 Å². The van der Waals surface area contributed by atoms with Crippen LogP contribution in [0.4, 0.5) is 11.4 Å². The van der Waals surface area contributed by atoms with Crippen LogP contribution in [0.3, 0.4) is 0 Å². The molecule has 29 heavy (non-hydrogen) atoms. The molecule has 0 heterocycles. The van der Waals surface area contributed by atoms with Crippen molar-refractivity contribution in [3.8, 4) is 34.1 Å². The Morgan fingerprint density at radius 2 is 1.21 bits per heavy atom. The first kappa shape index (κ1) is 18.1. The van der Waals surface area contributed by atoms with Gasteiger partial charge in [0.2, 0.25) is 0 Å². The molecular formula is C25H17N3O. The van der Waals surface area contributed by atoms with E-state index in [2.05, 4.69) is 10.2 Å². The molecule has 0 aliphatic carbocycles. The van der Waals surface area contributed by atoms with Crippen molar-refractivity contribution in [3.63, 3.8) is 0 Å². The van der Waals surface area contributed by atoms with Gasteiger partial charge in [-0.15, -0.1) is 10.2 Å². The molecule has 0 atom stereocenters. The molecule has 0 spiro atoms. The van der Waals surface area contributed by atoms with E-state index in [4.69, 9.17) is 0 Å². The standard InChI is InChI=1S/C25H17N3O/c26-17-20-15-16-22(19-11-5-2-6-12-19)24(25(20)29)28-27-23-14-8-7-13-21(23)18-9-3-1-4-10-18/h1-16,29H. The predicted molar refractivity (Wildman–Crippen MR) is 114 cm³/mol. The number of phenols is 1. The van der Waals surface area contributed by atoms with E-state index >= 15 is 0 Å². The van der Waals surface area contributed by atoms with Crippen LogP contribution in [-0.4, -0.2) is 5.11 Å². The number of nitrogens with zero attached hydrogens (tertiary/aromatic N) is 3. The van der Waals surface area contributed by atoms with Gasteiger partial charge in [0.15, 0.2) is 5.75 Å². The van der Waals surface area contributed by atoms with Gasteiger partial charge in [0, 0.05) is 11.1 Å². The van der Waals surface area contributed by atoms with Crippen LogP contribution in [0.2, 0.25) is 0 Å². The molecule has 4 rings (SSSR count). The third-order valence-electron chi connectivity index (χ3n) is 4.60. The van der Waals surface area contributed by atoms with Gasteiger partial charge in [0.25, 0.3) is 0 Å². The second kappa shape index (κ2) is 8.20. The fourth-order valence-corrected chi connectivity index (χ4v) is 3.15. The number of benzene rings is 4. The van der Waals surface area contributed by atoms with E-state index < -0.39 is 0 Å². The zero-order chi connectivity index (χ0) is 20.1. The number of aromatic hydroxyl groups is 1. The van der Waals surface area contributed by atoms with Crippen molar-refractivity contribution in [2.75, 3.05) is 0 Å². The van der Waals surface area contributed by atoms with Crippen molar-refractivity contribution in [1.82, 2.24) is 0 Å². The number of phenolic OH excluding ortho intramolecular Hbond substituents is 1. The summed E-state index contributed by atoms with van der Waals surface area (Å²) in [7, 11) is 0. The van der Waals surface area contributed by atoms with Gasteiger partial charge in [-0.2, -0.15) is 5.26 Å². The second-order valence-electron chi connectivity index (χ2n) is 6.42. The molecule has 0 aliphatic rings. The van der Waals surface area contributed by atoms with Gasteiger partial charge in [-0.1, -0.05) is 84.9 Å². The Labute approximate surface area is 169 Å². The smallest absolute Gasteiger partial charge is 0.161 e. The summed E-state index contributed by atoms with van der Waals surface area (Å²) < 4.78 is 0. The van der Waals surface area contributed by atoms with E-state index in [9.17, 15) is 10.4 Å². The van der Waals surface area contributed by atoms with E-state index in [0.717, 1.165) is 16.7 Å². The van der Waals surface area contributed by atoms with E-state index in [0.29, 0.717) is 11.3 Å². The van der Waals surface area contributed by atoms with Gasteiger partial charge in [-0.25, -0.2) is 0 Å². The number of azo groups is 1. The predicted octanol–water partition coefficient (Wildman–Crippen LogP) is 7.01. The maximum atomic E-state index is 10.6. The third-order valence-corrected chi connectivity index (χ3v) is 4.60. The van der Waals surface area contributed by atoms with Gasteiger partial charge in [0.05, 0.1) is 11.3 Å². The van der Waals surface area contributed by atoms with Crippen LogP contribution in [0.1, 0.15) is 5.56 Å². The molecule has 4 nitrogen and oxygen atoms in total. The molecule has 0 amide bonds. The summed E-state index contributed by atoms with van der Waals surface area (Å²) in [6, 6.07) is 32.6. The highest BCUT2D eigenvalue weighted by molar-refractivity contribution is 5.82. The highest BCUT2D eigenvalue weighted by Gasteiger charge is 2.14. The van der Waals surface area contributed by atoms with E-state index in [1.165, 1.54) is 0 Å². The van der Waals surface area contributed by atoms with Gasteiger partial charge in [-0.05, 0) is 23.3 Å². The molecule has 4 heteroatoms. The summed E-state index contributed by atoms with van der Waals surface area (Å²) in [5.41, 5.74) is 4.68. The molecule has 0 unspecified atom stereocenters. The molecule has 0 saturated carbocycles. The van der Waals surface area contributed by atoms with Gasteiger partial charge < -0.3 is 5.11 Å². The molecule has 0 saturated heterocycles. The van der Waals surface area contributed by atoms with Crippen LogP contribution in [0.5, 0.6) is 5.75 Å². The molecular weight excluding hydrogens is 358 g/mol. The summed E-state index contributed by atoms with van der Waals surface area (Å²) in [4.78, 5) is 0. The largest absolute Gasteiger partial charge is 0.504 e. The third kappa shape index (κ3) is 3.76. The number of nitriles is 1. The van der Waals surface area contributed by atoms with Gasteiger partial charge >= 0.3 is 0 Å². The normalized spacial score (nSPS) is 10.7. The van der Waals surface area contributed by atoms with Crippen molar-refractivity contribution < 1.29 is 5.11 Å². The lowest BCUT2D eigenvalue weighted by Crippen LogP contribution is -1.84. The second-order valence-corrected chi connectivity index (χ2v) is 6.42. The number of hydrogen-bond donors (Lipinski definition) is 1. The van der Waals surface area contributed by atoms with E-state index in [1.54, 1.807) is 12.1 Å². The van der Waals surface area contributed by atoms with Crippen LogP contribution in [0.15, 0.2) is 107 Å². The monoisotopic (exact) mass is 375 g/mol. The Morgan fingerprint density at radius 3 is 1.86 bits per heavy atom. The Kier molecular flexibility index (Phi) is 5.13. The molecule has 0 fully saturated rings.